The first-order chi connectivity index (χ1) is 16.5. The van der Waals surface area contributed by atoms with Crippen molar-refractivity contribution in [2.75, 3.05) is 13.1 Å². The van der Waals surface area contributed by atoms with Crippen molar-refractivity contribution in [2.45, 2.75) is 37.1 Å². The van der Waals surface area contributed by atoms with E-state index in [9.17, 15) is 14.0 Å². The van der Waals surface area contributed by atoms with Crippen molar-refractivity contribution >= 4 is 11.8 Å². The normalized spacial score (nSPS) is 22.3. The van der Waals surface area contributed by atoms with Gasteiger partial charge in [-0.15, -0.1) is 0 Å². The second-order valence-electron chi connectivity index (χ2n) is 8.98. The van der Waals surface area contributed by atoms with Crippen LogP contribution in [0.2, 0.25) is 0 Å². The summed E-state index contributed by atoms with van der Waals surface area (Å²) in [6, 6.07) is 19.3. The summed E-state index contributed by atoms with van der Waals surface area (Å²) in [4.78, 5) is 32.0. The van der Waals surface area contributed by atoms with Crippen LogP contribution < -0.4 is 10.1 Å². The third-order valence-corrected chi connectivity index (χ3v) is 6.73. The second-order valence-corrected chi connectivity index (χ2v) is 8.98. The van der Waals surface area contributed by atoms with Crippen LogP contribution in [0.4, 0.5) is 4.39 Å². The summed E-state index contributed by atoms with van der Waals surface area (Å²) >= 11 is 0. The summed E-state index contributed by atoms with van der Waals surface area (Å²) in [5, 5.41) is 3.28. The quantitative estimate of drug-likeness (QED) is 0.615. The lowest BCUT2D eigenvalue weighted by Crippen LogP contribution is -2.52. The molecule has 2 aliphatic heterocycles. The van der Waals surface area contributed by atoms with Crippen molar-refractivity contribution in [3.8, 4) is 11.6 Å². The van der Waals surface area contributed by atoms with Crippen molar-refractivity contribution < 1.29 is 18.7 Å². The third kappa shape index (κ3) is 4.38. The number of carbonyl (C=O) groups is 2. The molecule has 0 bridgehead atoms. The van der Waals surface area contributed by atoms with Crippen molar-refractivity contribution in [3.63, 3.8) is 0 Å². The molecule has 2 aliphatic rings. The predicted octanol–water partition coefficient (Wildman–Crippen LogP) is 4.68. The molecule has 1 aromatic heterocycles. The Morgan fingerprint density at radius 2 is 1.88 bits per heavy atom. The van der Waals surface area contributed by atoms with E-state index in [0.717, 1.165) is 24.8 Å². The van der Waals surface area contributed by atoms with Crippen LogP contribution >= 0.6 is 0 Å². The maximum atomic E-state index is 14.0. The van der Waals surface area contributed by atoms with Gasteiger partial charge in [0.15, 0.2) is 11.6 Å². The molecule has 2 aromatic carbocycles. The van der Waals surface area contributed by atoms with Gasteiger partial charge in [0.2, 0.25) is 11.8 Å². The molecule has 7 heteroatoms. The fourth-order valence-electron chi connectivity index (χ4n) is 5.10. The van der Waals surface area contributed by atoms with Crippen LogP contribution in [0.1, 0.15) is 47.5 Å². The molecule has 34 heavy (non-hydrogen) atoms. The maximum Gasteiger partial charge on any atom is 0.254 e. The van der Waals surface area contributed by atoms with Gasteiger partial charge in [-0.25, -0.2) is 9.37 Å². The fourth-order valence-corrected chi connectivity index (χ4v) is 5.10. The highest BCUT2D eigenvalue weighted by Gasteiger charge is 2.49. The first-order valence-corrected chi connectivity index (χ1v) is 11.6. The predicted molar refractivity (Wildman–Crippen MR) is 125 cm³/mol. The molecule has 2 fully saturated rings. The van der Waals surface area contributed by atoms with Crippen molar-refractivity contribution in [1.29, 1.82) is 0 Å². The van der Waals surface area contributed by atoms with Crippen LogP contribution in [0.5, 0.6) is 11.6 Å². The summed E-state index contributed by atoms with van der Waals surface area (Å²) in [5.41, 5.74) is 1.02. The van der Waals surface area contributed by atoms with E-state index < -0.39 is 11.4 Å². The number of nitrogens with one attached hydrogen (secondary N) is 1. The lowest BCUT2D eigenvalue weighted by molar-refractivity contribution is -0.122. The lowest BCUT2D eigenvalue weighted by atomic mass is 9.79. The summed E-state index contributed by atoms with van der Waals surface area (Å²) in [7, 11) is 0. The molecule has 3 aromatic rings. The number of ether oxygens (including phenoxy) is 1. The van der Waals surface area contributed by atoms with Gasteiger partial charge in [0.05, 0.1) is 5.54 Å². The number of pyridine rings is 1. The average molecular weight is 460 g/mol. The summed E-state index contributed by atoms with van der Waals surface area (Å²) in [5.74, 6) is -0.445. The van der Waals surface area contributed by atoms with Gasteiger partial charge in [0.25, 0.3) is 5.91 Å². The number of halogens is 1. The Kier molecular flexibility index (Phi) is 6.01. The van der Waals surface area contributed by atoms with Crippen molar-refractivity contribution in [3.05, 3.63) is 89.9 Å². The smallest absolute Gasteiger partial charge is 0.254 e. The van der Waals surface area contributed by atoms with Crippen LogP contribution in [0.25, 0.3) is 0 Å². The van der Waals surface area contributed by atoms with E-state index in [1.165, 1.54) is 24.4 Å². The highest BCUT2D eigenvalue weighted by atomic mass is 19.1. The molecule has 2 saturated heterocycles. The van der Waals surface area contributed by atoms with Gasteiger partial charge in [-0.2, -0.15) is 0 Å². The number of carbonyl (C=O) groups excluding carboxylic acids is 2. The van der Waals surface area contributed by atoms with Gasteiger partial charge < -0.3 is 15.0 Å². The first kappa shape index (κ1) is 22.1. The maximum absolute atomic E-state index is 14.0. The molecule has 0 aliphatic carbocycles. The zero-order valence-corrected chi connectivity index (χ0v) is 18.7. The zero-order chi connectivity index (χ0) is 23.5. The molecule has 6 nitrogen and oxygen atoms in total. The van der Waals surface area contributed by atoms with E-state index in [4.69, 9.17) is 4.74 Å². The summed E-state index contributed by atoms with van der Waals surface area (Å²) < 4.78 is 19.6. The van der Waals surface area contributed by atoms with Gasteiger partial charge in [-0.3, -0.25) is 9.59 Å². The van der Waals surface area contributed by atoms with E-state index in [1.54, 1.807) is 23.1 Å². The number of amides is 2. The van der Waals surface area contributed by atoms with Crippen LogP contribution in [-0.2, 0) is 4.79 Å². The Bertz CT molecular complexity index is 1200. The Hall–Kier alpha value is -3.74. The Balaban J connectivity index is 1.42. The number of likely N-dealkylation sites (tertiary alicyclic amines) is 1. The SMILES string of the molecule is O=C1CCCC[C@]2(CN(C(=O)c3ccnc(Oc4ccccc4F)c3)C[C@H]2c2ccccc2)N1. The van der Waals surface area contributed by atoms with Gasteiger partial charge in [-0.1, -0.05) is 48.9 Å². The van der Waals surface area contributed by atoms with Crippen LogP contribution in [-0.4, -0.2) is 40.3 Å². The van der Waals surface area contributed by atoms with Gasteiger partial charge >= 0.3 is 0 Å². The lowest BCUT2D eigenvalue weighted by Gasteiger charge is -2.34. The number of nitrogens with zero attached hydrogens (tertiary/aromatic N) is 2. The Labute approximate surface area is 197 Å². The molecular formula is C27H26FN3O3. The standard InChI is InChI=1S/C27H26FN3O3/c28-22-10-4-5-11-23(22)34-25-16-20(13-15-29-25)26(33)31-17-21(19-8-2-1-3-9-19)27(18-31)14-7-6-12-24(32)30-27/h1-5,8-11,13,15-16,21H,6-7,12,14,17-18H2,(H,30,32)/t21-,27+/m0/s1. The largest absolute Gasteiger partial charge is 0.436 e. The Morgan fingerprint density at radius 1 is 1.09 bits per heavy atom. The van der Waals surface area contributed by atoms with Crippen LogP contribution in [0.15, 0.2) is 72.9 Å². The number of rotatable bonds is 4. The minimum absolute atomic E-state index is 0.00401. The highest BCUT2D eigenvalue weighted by molar-refractivity contribution is 5.95. The summed E-state index contributed by atoms with van der Waals surface area (Å²) in [6.07, 6.45) is 4.60. The minimum Gasteiger partial charge on any atom is -0.436 e. The molecule has 0 saturated carbocycles. The Morgan fingerprint density at radius 3 is 2.71 bits per heavy atom. The van der Waals surface area contributed by atoms with Gasteiger partial charge in [0.1, 0.15) is 0 Å². The van der Waals surface area contributed by atoms with Crippen LogP contribution in [0, 0.1) is 5.82 Å². The zero-order valence-electron chi connectivity index (χ0n) is 18.7. The average Bonchev–Trinajstić information content (AvgIpc) is 3.11. The van der Waals surface area contributed by atoms with Gasteiger partial charge in [0, 0.05) is 43.3 Å². The van der Waals surface area contributed by atoms with Crippen molar-refractivity contribution in [1.82, 2.24) is 15.2 Å². The molecule has 0 radical (unpaired) electrons. The van der Waals surface area contributed by atoms with Crippen LogP contribution in [0.3, 0.4) is 0 Å². The van der Waals surface area contributed by atoms with Gasteiger partial charge in [-0.05, 0) is 36.6 Å². The molecule has 2 atom stereocenters. The molecule has 3 heterocycles. The van der Waals surface area contributed by atoms with Crippen molar-refractivity contribution in [2.24, 2.45) is 0 Å². The number of benzene rings is 2. The van der Waals surface area contributed by atoms with E-state index in [0.29, 0.717) is 25.1 Å². The molecule has 2 amide bonds. The first-order valence-electron chi connectivity index (χ1n) is 11.6. The highest BCUT2D eigenvalue weighted by Crippen LogP contribution is 2.41. The molecular weight excluding hydrogens is 433 g/mol. The number of hydrogen-bond acceptors (Lipinski definition) is 4. The minimum atomic E-state index is -0.502. The summed E-state index contributed by atoms with van der Waals surface area (Å²) in [6.45, 7) is 0.928. The van der Waals surface area contributed by atoms with E-state index in [2.05, 4.69) is 22.4 Å². The van der Waals surface area contributed by atoms with E-state index >= 15 is 0 Å². The molecule has 1 spiro atoms. The monoisotopic (exact) mass is 459 g/mol. The van der Waals surface area contributed by atoms with E-state index in [-0.39, 0.29) is 29.4 Å². The number of para-hydroxylation sites is 1. The molecule has 0 unspecified atom stereocenters. The second kappa shape index (κ2) is 9.25. The molecule has 1 N–H and O–H groups in total. The topological polar surface area (TPSA) is 71.5 Å². The molecule has 174 valence electrons. The fraction of sp³-hybridized carbons (Fsp3) is 0.296. The number of aromatic nitrogens is 1. The molecule has 5 rings (SSSR count). The number of hydrogen-bond donors (Lipinski definition) is 1. The van der Waals surface area contributed by atoms with E-state index in [1.807, 2.05) is 18.2 Å². The third-order valence-electron chi connectivity index (χ3n) is 6.73.